The highest BCUT2D eigenvalue weighted by Gasteiger charge is 2.27. The Balaban J connectivity index is 4.67. The van der Waals surface area contributed by atoms with Crippen LogP contribution in [0.5, 0.6) is 0 Å². The van der Waals surface area contributed by atoms with Crippen molar-refractivity contribution in [3.8, 4) is 0 Å². The Morgan fingerprint density at radius 2 is 0.833 bits per heavy atom. The summed E-state index contributed by atoms with van der Waals surface area (Å²) in [6.45, 7) is 8.65. The van der Waals surface area contributed by atoms with E-state index in [1.807, 2.05) is 0 Å². The number of carbonyl (C=O) groups is 2. The SMILES string of the molecule is CCCCCCCC(=O)OC(CCCC)C(CCCC)OC(=O)CCCCCCC. The molecule has 0 heterocycles. The zero-order valence-electron chi connectivity index (χ0n) is 20.5. The monoisotopic (exact) mass is 426 g/mol. The van der Waals surface area contributed by atoms with Gasteiger partial charge in [0.15, 0.2) is 0 Å². The first kappa shape index (κ1) is 28.9. The zero-order chi connectivity index (χ0) is 22.5. The Hall–Kier alpha value is -1.06. The number of ether oxygens (including phenoxy) is 2. The van der Waals surface area contributed by atoms with Gasteiger partial charge in [0, 0.05) is 12.8 Å². The number of unbranched alkanes of at least 4 members (excludes halogenated alkanes) is 10. The molecule has 0 saturated heterocycles. The van der Waals surface area contributed by atoms with E-state index < -0.39 is 0 Å². The molecule has 4 nitrogen and oxygen atoms in total. The van der Waals surface area contributed by atoms with Gasteiger partial charge in [0.25, 0.3) is 0 Å². The smallest absolute Gasteiger partial charge is 0.306 e. The molecule has 178 valence electrons. The van der Waals surface area contributed by atoms with E-state index in [9.17, 15) is 9.59 Å². The number of hydrogen-bond acceptors (Lipinski definition) is 4. The van der Waals surface area contributed by atoms with Gasteiger partial charge in [0.05, 0.1) is 0 Å². The molecule has 0 aliphatic heterocycles. The Morgan fingerprint density at radius 3 is 1.17 bits per heavy atom. The molecule has 0 bridgehead atoms. The minimum atomic E-state index is -0.302. The molecule has 0 aliphatic rings. The van der Waals surface area contributed by atoms with Gasteiger partial charge in [-0.25, -0.2) is 0 Å². The second-order valence-corrected chi connectivity index (χ2v) is 8.67. The molecular formula is C26H50O4. The maximum absolute atomic E-state index is 12.4. The minimum Gasteiger partial charge on any atom is -0.458 e. The van der Waals surface area contributed by atoms with Crippen molar-refractivity contribution in [2.45, 2.75) is 155 Å². The van der Waals surface area contributed by atoms with Crippen LogP contribution in [0.15, 0.2) is 0 Å². The third-order valence-electron chi connectivity index (χ3n) is 5.63. The van der Waals surface area contributed by atoms with Crippen molar-refractivity contribution in [2.75, 3.05) is 0 Å². The van der Waals surface area contributed by atoms with Crippen molar-refractivity contribution in [3.63, 3.8) is 0 Å². The molecule has 0 aliphatic carbocycles. The maximum atomic E-state index is 12.4. The van der Waals surface area contributed by atoms with Crippen LogP contribution in [-0.4, -0.2) is 24.1 Å². The fourth-order valence-electron chi connectivity index (χ4n) is 3.65. The van der Waals surface area contributed by atoms with Crippen LogP contribution < -0.4 is 0 Å². The van der Waals surface area contributed by atoms with Gasteiger partial charge in [0.2, 0.25) is 0 Å². The van der Waals surface area contributed by atoms with Crippen molar-refractivity contribution in [2.24, 2.45) is 0 Å². The summed E-state index contributed by atoms with van der Waals surface area (Å²) in [7, 11) is 0. The third kappa shape index (κ3) is 16.7. The molecule has 0 aromatic heterocycles. The first-order chi connectivity index (χ1) is 14.6. The summed E-state index contributed by atoms with van der Waals surface area (Å²) < 4.78 is 11.7. The molecule has 30 heavy (non-hydrogen) atoms. The highest BCUT2D eigenvalue weighted by atomic mass is 16.6. The van der Waals surface area contributed by atoms with Crippen LogP contribution >= 0.6 is 0 Å². The van der Waals surface area contributed by atoms with Crippen molar-refractivity contribution in [1.82, 2.24) is 0 Å². The molecule has 0 aromatic rings. The van der Waals surface area contributed by atoms with Crippen LogP contribution in [0, 0.1) is 0 Å². The van der Waals surface area contributed by atoms with Gasteiger partial charge in [-0.05, 0) is 38.5 Å². The molecular weight excluding hydrogens is 376 g/mol. The largest absolute Gasteiger partial charge is 0.458 e. The molecule has 2 atom stereocenters. The van der Waals surface area contributed by atoms with E-state index in [0.717, 1.165) is 64.2 Å². The van der Waals surface area contributed by atoms with Crippen molar-refractivity contribution in [3.05, 3.63) is 0 Å². The number of esters is 2. The molecule has 0 N–H and O–H groups in total. The number of rotatable bonds is 21. The average molecular weight is 427 g/mol. The summed E-state index contributed by atoms with van der Waals surface area (Å²) in [6, 6.07) is 0. The van der Waals surface area contributed by atoms with E-state index in [0.29, 0.717) is 12.8 Å². The third-order valence-corrected chi connectivity index (χ3v) is 5.63. The van der Waals surface area contributed by atoms with Crippen molar-refractivity contribution >= 4 is 11.9 Å². The van der Waals surface area contributed by atoms with Crippen LogP contribution in [0.1, 0.15) is 143 Å². The highest BCUT2D eigenvalue weighted by molar-refractivity contribution is 5.70. The van der Waals surface area contributed by atoms with Gasteiger partial charge >= 0.3 is 11.9 Å². The predicted octanol–water partition coefficient (Wildman–Crippen LogP) is 7.91. The van der Waals surface area contributed by atoms with E-state index in [-0.39, 0.29) is 24.1 Å². The van der Waals surface area contributed by atoms with E-state index in [1.165, 1.54) is 38.5 Å². The van der Waals surface area contributed by atoms with Gasteiger partial charge in [0.1, 0.15) is 12.2 Å². The molecule has 0 amide bonds. The van der Waals surface area contributed by atoms with E-state index in [2.05, 4.69) is 27.7 Å². The molecule has 0 spiro atoms. The fourth-order valence-corrected chi connectivity index (χ4v) is 3.65. The summed E-state index contributed by atoms with van der Waals surface area (Å²) in [5.41, 5.74) is 0. The van der Waals surface area contributed by atoms with Gasteiger partial charge in [-0.1, -0.05) is 91.9 Å². The Morgan fingerprint density at radius 1 is 0.500 bits per heavy atom. The molecule has 0 fully saturated rings. The van der Waals surface area contributed by atoms with Crippen molar-refractivity contribution in [1.29, 1.82) is 0 Å². The summed E-state index contributed by atoms with van der Waals surface area (Å²) >= 11 is 0. The number of carbonyl (C=O) groups excluding carboxylic acids is 2. The van der Waals surface area contributed by atoms with Crippen LogP contribution in [0.2, 0.25) is 0 Å². The lowest BCUT2D eigenvalue weighted by molar-refractivity contribution is -0.169. The Bertz CT molecular complexity index is 370. The predicted molar refractivity (Wildman–Crippen MR) is 126 cm³/mol. The molecule has 0 radical (unpaired) electrons. The van der Waals surface area contributed by atoms with Gasteiger partial charge in [-0.2, -0.15) is 0 Å². The Kier molecular flexibility index (Phi) is 20.4. The van der Waals surface area contributed by atoms with E-state index in [1.54, 1.807) is 0 Å². The lowest BCUT2D eigenvalue weighted by Crippen LogP contribution is -2.35. The highest BCUT2D eigenvalue weighted by Crippen LogP contribution is 2.20. The van der Waals surface area contributed by atoms with Crippen LogP contribution in [0.25, 0.3) is 0 Å². The lowest BCUT2D eigenvalue weighted by atomic mass is 10.0. The van der Waals surface area contributed by atoms with Crippen LogP contribution in [-0.2, 0) is 19.1 Å². The summed E-state index contributed by atoms with van der Waals surface area (Å²) in [5.74, 6) is -0.269. The van der Waals surface area contributed by atoms with Gasteiger partial charge in [-0.3, -0.25) is 9.59 Å². The first-order valence-corrected chi connectivity index (χ1v) is 13.0. The van der Waals surface area contributed by atoms with Gasteiger partial charge in [-0.15, -0.1) is 0 Å². The molecule has 0 rings (SSSR count). The molecule has 0 aromatic carbocycles. The van der Waals surface area contributed by atoms with Crippen LogP contribution in [0.3, 0.4) is 0 Å². The van der Waals surface area contributed by atoms with E-state index in [4.69, 9.17) is 9.47 Å². The van der Waals surface area contributed by atoms with Gasteiger partial charge < -0.3 is 9.47 Å². The average Bonchev–Trinajstić information content (AvgIpc) is 2.73. The molecule has 2 unspecified atom stereocenters. The fraction of sp³-hybridized carbons (Fsp3) is 0.923. The van der Waals surface area contributed by atoms with E-state index >= 15 is 0 Å². The quantitative estimate of drug-likeness (QED) is 0.138. The lowest BCUT2D eigenvalue weighted by Gasteiger charge is -2.27. The second-order valence-electron chi connectivity index (χ2n) is 8.67. The summed E-state index contributed by atoms with van der Waals surface area (Å²) in [4.78, 5) is 24.8. The normalized spacial score (nSPS) is 13.1. The molecule has 4 heteroatoms. The number of hydrogen-bond donors (Lipinski definition) is 0. The first-order valence-electron chi connectivity index (χ1n) is 13.0. The minimum absolute atomic E-state index is 0.135. The van der Waals surface area contributed by atoms with Crippen molar-refractivity contribution < 1.29 is 19.1 Å². The second kappa shape index (κ2) is 21.2. The topological polar surface area (TPSA) is 52.6 Å². The zero-order valence-corrected chi connectivity index (χ0v) is 20.5. The standard InChI is InChI=1S/C26H50O4/c1-5-9-13-15-17-21-25(27)29-23(19-11-7-3)24(20-12-8-4)30-26(28)22-18-16-14-10-6-2/h23-24H,5-22H2,1-4H3. The molecule has 0 saturated carbocycles. The summed E-state index contributed by atoms with van der Waals surface area (Å²) in [5, 5.41) is 0. The maximum Gasteiger partial charge on any atom is 0.306 e. The Labute approximate surface area is 186 Å². The summed E-state index contributed by atoms with van der Waals surface area (Å²) in [6.07, 6.45) is 17.1. The van der Waals surface area contributed by atoms with Crippen LogP contribution in [0.4, 0.5) is 0 Å².